The molecular formula is C20H17ClN4O4. The number of aromatic nitrogens is 2. The summed E-state index contributed by atoms with van der Waals surface area (Å²) >= 11 is 5.82. The third kappa shape index (κ3) is 4.12. The van der Waals surface area contributed by atoms with Crippen LogP contribution in [0.3, 0.4) is 0 Å². The van der Waals surface area contributed by atoms with Crippen molar-refractivity contribution in [2.75, 3.05) is 13.1 Å². The Balaban J connectivity index is 1.39. The maximum absolute atomic E-state index is 12.7. The Morgan fingerprint density at radius 2 is 1.90 bits per heavy atom. The van der Waals surface area contributed by atoms with Gasteiger partial charge in [0.15, 0.2) is 0 Å². The number of nitro groups is 1. The van der Waals surface area contributed by atoms with Gasteiger partial charge in [0.2, 0.25) is 5.88 Å². The summed E-state index contributed by atoms with van der Waals surface area (Å²) in [5.74, 6) is 0.204. The molecule has 1 aliphatic heterocycles. The molecule has 0 atom stereocenters. The van der Waals surface area contributed by atoms with Crippen LogP contribution >= 0.6 is 11.6 Å². The minimum Gasteiger partial charge on any atom is -0.473 e. The Morgan fingerprint density at radius 1 is 1.17 bits per heavy atom. The minimum absolute atomic E-state index is 0.00940. The van der Waals surface area contributed by atoms with Crippen LogP contribution in [0.4, 0.5) is 5.69 Å². The highest BCUT2D eigenvalue weighted by molar-refractivity contribution is 6.32. The van der Waals surface area contributed by atoms with E-state index in [1.165, 1.54) is 18.2 Å². The number of nitrogens with zero attached hydrogens (tertiary/aromatic N) is 4. The van der Waals surface area contributed by atoms with Gasteiger partial charge < -0.3 is 9.64 Å². The lowest BCUT2D eigenvalue weighted by atomic mass is 10.1. The molecule has 148 valence electrons. The van der Waals surface area contributed by atoms with Gasteiger partial charge in [0.25, 0.3) is 11.6 Å². The number of ether oxygens (including phenoxy) is 1. The average molecular weight is 413 g/mol. The van der Waals surface area contributed by atoms with Crippen molar-refractivity contribution in [1.29, 1.82) is 0 Å². The first-order valence-corrected chi connectivity index (χ1v) is 9.51. The second-order valence-corrected chi connectivity index (χ2v) is 7.14. The van der Waals surface area contributed by atoms with Gasteiger partial charge in [-0.25, -0.2) is 9.97 Å². The van der Waals surface area contributed by atoms with E-state index in [1.807, 2.05) is 24.3 Å². The number of carbonyl (C=O) groups excluding carboxylic acids is 1. The SMILES string of the molecule is O=C(c1ccc(Cl)c([N+](=O)[O-])c1)N1CCC(Oc2cnc3ccccc3n2)CC1. The van der Waals surface area contributed by atoms with Crippen molar-refractivity contribution in [3.8, 4) is 5.88 Å². The Morgan fingerprint density at radius 3 is 2.62 bits per heavy atom. The number of rotatable bonds is 4. The van der Waals surface area contributed by atoms with Crippen molar-refractivity contribution in [3.63, 3.8) is 0 Å². The van der Waals surface area contributed by atoms with Crippen LogP contribution in [-0.2, 0) is 0 Å². The summed E-state index contributed by atoms with van der Waals surface area (Å²) in [5.41, 5.74) is 1.55. The van der Waals surface area contributed by atoms with Crippen LogP contribution in [0.1, 0.15) is 23.2 Å². The Labute approximate surface area is 171 Å². The zero-order valence-electron chi connectivity index (χ0n) is 15.3. The second kappa shape index (κ2) is 8.00. The molecule has 0 N–H and O–H groups in total. The molecule has 0 bridgehead atoms. The maximum Gasteiger partial charge on any atom is 0.288 e. The molecule has 29 heavy (non-hydrogen) atoms. The smallest absolute Gasteiger partial charge is 0.288 e. The molecule has 1 amide bonds. The van der Waals surface area contributed by atoms with Crippen molar-refractivity contribution >= 4 is 34.2 Å². The van der Waals surface area contributed by atoms with Crippen LogP contribution in [0.15, 0.2) is 48.7 Å². The average Bonchev–Trinajstić information content (AvgIpc) is 2.74. The van der Waals surface area contributed by atoms with Gasteiger partial charge in [0, 0.05) is 37.6 Å². The molecule has 0 unspecified atom stereocenters. The van der Waals surface area contributed by atoms with Crippen LogP contribution in [0.2, 0.25) is 5.02 Å². The van der Waals surface area contributed by atoms with Crippen LogP contribution in [0, 0.1) is 10.1 Å². The Kier molecular flexibility index (Phi) is 5.26. The maximum atomic E-state index is 12.7. The number of fused-ring (bicyclic) bond motifs is 1. The molecular weight excluding hydrogens is 396 g/mol. The molecule has 0 saturated carbocycles. The summed E-state index contributed by atoms with van der Waals surface area (Å²) < 4.78 is 5.95. The number of halogens is 1. The highest BCUT2D eigenvalue weighted by atomic mass is 35.5. The number of amides is 1. The summed E-state index contributed by atoms with van der Waals surface area (Å²) in [6.07, 6.45) is 2.80. The van der Waals surface area contributed by atoms with E-state index in [4.69, 9.17) is 16.3 Å². The molecule has 1 aliphatic rings. The lowest BCUT2D eigenvalue weighted by Crippen LogP contribution is -2.41. The summed E-state index contributed by atoms with van der Waals surface area (Å²) in [4.78, 5) is 33.6. The van der Waals surface area contributed by atoms with Gasteiger partial charge >= 0.3 is 0 Å². The summed E-state index contributed by atoms with van der Waals surface area (Å²) in [5, 5.41) is 11.0. The van der Waals surface area contributed by atoms with E-state index in [1.54, 1.807) is 11.1 Å². The lowest BCUT2D eigenvalue weighted by molar-refractivity contribution is -0.384. The first kappa shape index (κ1) is 19.1. The number of hydrogen-bond donors (Lipinski definition) is 0. The highest BCUT2D eigenvalue weighted by Gasteiger charge is 2.26. The fourth-order valence-corrected chi connectivity index (χ4v) is 3.50. The van der Waals surface area contributed by atoms with Gasteiger partial charge in [-0.1, -0.05) is 23.7 Å². The van der Waals surface area contributed by atoms with E-state index in [9.17, 15) is 14.9 Å². The summed E-state index contributed by atoms with van der Waals surface area (Å²) in [6, 6.07) is 11.7. The normalized spacial score (nSPS) is 14.7. The molecule has 0 radical (unpaired) electrons. The fraction of sp³-hybridized carbons (Fsp3) is 0.250. The predicted molar refractivity (Wildman–Crippen MR) is 107 cm³/mol. The number of likely N-dealkylation sites (tertiary alicyclic amines) is 1. The number of benzene rings is 2. The van der Waals surface area contributed by atoms with Crippen LogP contribution in [-0.4, -0.2) is 44.9 Å². The Bertz CT molecular complexity index is 1080. The predicted octanol–water partition coefficient (Wildman–Crippen LogP) is 3.88. The van der Waals surface area contributed by atoms with Gasteiger partial charge in [-0.05, 0) is 24.3 Å². The third-order valence-electron chi connectivity index (χ3n) is 4.83. The zero-order chi connectivity index (χ0) is 20.4. The van der Waals surface area contributed by atoms with E-state index in [0.29, 0.717) is 31.8 Å². The van der Waals surface area contributed by atoms with Gasteiger partial charge in [-0.15, -0.1) is 0 Å². The van der Waals surface area contributed by atoms with E-state index in [2.05, 4.69) is 9.97 Å². The molecule has 2 aromatic carbocycles. The first-order valence-electron chi connectivity index (χ1n) is 9.13. The van der Waals surface area contributed by atoms with E-state index in [-0.39, 0.29) is 28.3 Å². The minimum atomic E-state index is -0.593. The standard InChI is InChI=1S/C20H17ClN4O4/c21-15-6-5-13(11-18(15)25(27)28)20(26)24-9-7-14(8-10-24)29-19-12-22-16-3-1-2-4-17(16)23-19/h1-6,11-12,14H,7-10H2. The van der Waals surface area contributed by atoms with Crippen molar-refractivity contribution in [1.82, 2.24) is 14.9 Å². The number of nitro benzene ring substituents is 1. The first-order chi connectivity index (χ1) is 14.0. The number of para-hydroxylation sites is 2. The van der Waals surface area contributed by atoms with E-state index < -0.39 is 4.92 Å². The molecule has 3 aromatic rings. The number of carbonyl (C=O) groups is 1. The van der Waals surface area contributed by atoms with Crippen molar-refractivity contribution in [2.45, 2.75) is 18.9 Å². The molecule has 0 spiro atoms. The highest BCUT2D eigenvalue weighted by Crippen LogP contribution is 2.26. The monoisotopic (exact) mass is 412 g/mol. The van der Waals surface area contributed by atoms with Crippen LogP contribution < -0.4 is 4.74 Å². The molecule has 1 saturated heterocycles. The van der Waals surface area contributed by atoms with Gasteiger partial charge in [-0.3, -0.25) is 14.9 Å². The topological polar surface area (TPSA) is 98.5 Å². The molecule has 2 heterocycles. The van der Waals surface area contributed by atoms with Crippen LogP contribution in [0.25, 0.3) is 11.0 Å². The van der Waals surface area contributed by atoms with Gasteiger partial charge in [-0.2, -0.15) is 0 Å². The molecule has 8 nitrogen and oxygen atoms in total. The Hall–Kier alpha value is -3.26. The summed E-state index contributed by atoms with van der Waals surface area (Å²) in [7, 11) is 0. The van der Waals surface area contributed by atoms with Gasteiger partial charge in [0.1, 0.15) is 11.1 Å². The molecule has 0 aliphatic carbocycles. The zero-order valence-corrected chi connectivity index (χ0v) is 16.1. The van der Waals surface area contributed by atoms with Crippen molar-refractivity contribution in [2.24, 2.45) is 0 Å². The lowest BCUT2D eigenvalue weighted by Gasteiger charge is -2.32. The molecule has 1 aromatic heterocycles. The second-order valence-electron chi connectivity index (χ2n) is 6.73. The van der Waals surface area contributed by atoms with E-state index in [0.717, 1.165) is 11.0 Å². The molecule has 4 rings (SSSR count). The van der Waals surface area contributed by atoms with Crippen molar-refractivity contribution < 1.29 is 14.5 Å². The van der Waals surface area contributed by atoms with Crippen molar-refractivity contribution in [3.05, 3.63) is 69.4 Å². The summed E-state index contributed by atoms with van der Waals surface area (Å²) in [6.45, 7) is 0.974. The third-order valence-corrected chi connectivity index (χ3v) is 5.15. The molecule has 9 heteroatoms. The van der Waals surface area contributed by atoms with Crippen LogP contribution in [0.5, 0.6) is 5.88 Å². The number of piperidine rings is 1. The number of hydrogen-bond acceptors (Lipinski definition) is 6. The quantitative estimate of drug-likeness (QED) is 0.476. The van der Waals surface area contributed by atoms with E-state index >= 15 is 0 Å². The largest absolute Gasteiger partial charge is 0.473 e. The fourth-order valence-electron chi connectivity index (χ4n) is 3.31. The molecule has 1 fully saturated rings. The van der Waals surface area contributed by atoms with Gasteiger partial charge in [0.05, 0.1) is 22.2 Å².